The highest BCUT2D eigenvalue weighted by Crippen LogP contribution is 2.35. The van der Waals surface area contributed by atoms with Crippen molar-refractivity contribution < 1.29 is 51.3 Å². The Bertz CT molecular complexity index is 1900. The molecule has 3 aromatic rings. The van der Waals surface area contributed by atoms with E-state index in [-0.39, 0.29) is 60.1 Å². The minimum atomic E-state index is -4.67. The second-order valence-electron chi connectivity index (χ2n) is 14.2. The van der Waals surface area contributed by atoms with E-state index < -0.39 is 40.1 Å². The molecule has 3 aromatic carbocycles. The molecule has 0 saturated carbocycles. The van der Waals surface area contributed by atoms with Gasteiger partial charge in [0.05, 0.1) is 74.1 Å². The molecule has 314 valence electrons. The molecule has 0 atom stereocenters. The van der Waals surface area contributed by atoms with Gasteiger partial charge in [0.1, 0.15) is 5.60 Å². The zero-order valence-corrected chi connectivity index (χ0v) is 33.5. The second-order valence-corrected chi connectivity index (χ2v) is 14.6. The normalized spacial score (nSPS) is 13.3. The highest BCUT2D eigenvalue weighted by atomic mass is 35.5. The number of nitrogens with zero attached hydrogens (tertiary/aromatic N) is 2. The van der Waals surface area contributed by atoms with Crippen LogP contribution in [0.2, 0.25) is 5.02 Å². The fraction of sp³-hybridized carbons (Fsp3) is 0.439. The van der Waals surface area contributed by atoms with Gasteiger partial charge in [-0.05, 0) is 94.1 Å². The Morgan fingerprint density at radius 1 is 0.793 bits per heavy atom. The highest BCUT2D eigenvalue weighted by Gasteiger charge is 2.33. The molecule has 1 saturated heterocycles. The minimum absolute atomic E-state index is 0.0577. The second kappa shape index (κ2) is 22.2. The summed E-state index contributed by atoms with van der Waals surface area (Å²) < 4.78 is 61.5. The van der Waals surface area contributed by atoms with Gasteiger partial charge in [-0.1, -0.05) is 23.7 Å². The van der Waals surface area contributed by atoms with Crippen molar-refractivity contribution in [1.82, 2.24) is 10.7 Å². The first-order valence-corrected chi connectivity index (χ1v) is 19.2. The molecule has 1 fully saturated rings. The van der Waals surface area contributed by atoms with Crippen LogP contribution in [0, 0.1) is 0 Å². The van der Waals surface area contributed by atoms with Gasteiger partial charge in [0, 0.05) is 36.4 Å². The topological polar surface area (TPSA) is 157 Å². The molecule has 3 amide bonds. The Hall–Kier alpha value is -5.03. The number of benzene rings is 3. The Kier molecular flexibility index (Phi) is 17.5. The van der Waals surface area contributed by atoms with Gasteiger partial charge in [-0.2, -0.15) is 18.3 Å². The predicted octanol–water partition coefficient (Wildman–Crippen LogP) is 6.88. The monoisotopic (exact) mass is 831 g/mol. The number of nitrogens with one attached hydrogen (secondary N) is 3. The molecule has 1 aliphatic heterocycles. The van der Waals surface area contributed by atoms with Crippen LogP contribution in [0.1, 0.15) is 88.7 Å². The number of carbonyl (C=O) groups excluding carboxylic acids is 4. The largest absolute Gasteiger partial charge is 0.460 e. The van der Waals surface area contributed by atoms with Crippen molar-refractivity contribution in [1.29, 1.82) is 0 Å². The molecule has 3 N–H and O–H groups in total. The Labute approximate surface area is 340 Å². The number of hydrogen-bond acceptors (Lipinski definition) is 10. The van der Waals surface area contributed by atoms with E-state index in [4.69, 9.17) is 30.5 Å². The molecule has 17 heteroatoms. The molecular formula is C41H49ClF3N5O8. The third kappa shape index (κ3) is 15.4. The molecule has 4 rings (SSSR count). The van der Waals surface area contributed by atoms with E-state index >= 15 is 0 Å². The smallest absolute Gasteiger partial charge is 0.417 e. The number of anilines is 2. The number of alkyl halides is 3. The summed E-state index contributed by atoms with van der Waals surface area (Å²) >= 11 is 5.71. The molecule has 0 spiro atoms. The van der Waals surface area contributed by atoms with Crippen LogP contribution in [0.4, 0.5) is 24.5 Å². The number of piperidine rings is 1. The summed E-state index contributed by atoms with van der Waals surface area (Å²) in [6.07, 6.45) is -0.399. The van der Waals surface area contributed by atoms with Gasteiger partial charge in [0.2, 0.25) is 0 Å². The van der Waals surface area contributed by atoms with Gasteiger partial charge < -0.3 is 34.5 Å². The quantitative estimate of drug-likeness (QED) is 0.0508. The number of hydrogen-bond donors (Lipinski definition) is 3. The van der Waals surface area contributed by atoms with Crippen LogP contribution in [0.3, 0.4) is 0 Å². The van der Waals surface area contributed by atoms with Crippen molar-refractivity contribution in [3.8, 4) is 0 Å². The Morgan fingerprint density at radius 2 is 1.45 bits per heavy atom. The van der Waals surface area contributed by atoms with Gasteiger partial charge in [0.25, 0.3) is 17.7 Å². The number of halogens is 4. The third-order valence-corrected chi connectivity index (χ3v) is 8.76. The van der Waals surface area contributed by atoms with E-state index in [2.05, 4.69) is 26.1 Å². The van der Waals surface area contributed by atoms with E-state index in [9.17, 15) is 32.3 Å². The zero-order chi connectivity index (χ0) is 42.1. The van der Waals surface area contributed by atoms with Gasteiger partial charge in [-0.15, -0.1) is 0 Å². The molecule has 0 aromatic heterocycles. The van der Waals surface area contributed by atoms with E-state index in [0.29, 0.717) is 26.4 Å². The number of hydrazone groups is 1. The van der Waals surface area contributed by atoms with Crippen LogP contribution in [0.5, 0.6) is 0 Å². The van der Waals surface area contributed by atoms with Crippen molar-refractivity contribution >= 4 is 52.9 Å². The number of carbonyl (C=O) groups is 4. The van der Waals surface area contributed by atoms with E-state index in [0.717, 1.165) is 56.4 Å². The van der Waals surface area contributed by atoms with Crippen molar-refractivity contribution in [2.75, 3.05) is 69.5 Å². The van der Waals surface area contributed by atoms with Crippen LogP contribution in [0.15, 0.2) is 65.8 Å². The molecule has 58 heavy (non-hydrogen) atoms. The average molecular weight is 832 g/mol. The lowest BCUT2D eigenvalue weighted by molar-refractivity contribution is -0.156. The summed E-state index contributed by atoms with van der Waals surface area (Å²) in [6.45, 7) is 8.89. The van der Waals surface area contributed by atoms with Crippen LogP contribution >= 0.6 is 11.6 Å². The van der Waals surface area contributed by atoms with Crippen LogP contribution in [-0.2, 0) is 29.9 Å². The molecule has 0 unspecified atom stereocenters. The summed E-state index contributed by atoms with van der Waals surface area (Å²) in [5.74, 6) is -2.05. The molecule has 1 aliphatic rings. The maximum Gasteiger partial charge on any atom is 0.417 e. The Morgan fingerprint density at radius 3 is 2.12 bits per heavy atom. The number of ether oxygens (including phenoxy) is 4. The fourth-order valence-corrected chi connectivity index (χ4v) is 5.89. The lowest BCUT2D eigenvalue weighted by atomic mass is 10.1. The van der Waals surface area contributed by atoms with Crippen molar-refractivity contribution in [2.24, 2.45) is 5.10 Å². The van der Waals surface area contributed by atoms with E-state index in [1.165, 1.54) is 18.2 Å². The lowest BCUT2D eigenvalue weighted by Crippen LogP contribution is -2.30. The summed E-state index contributed by atoms with van der Waals surface area (Å²) in [7, 11) is 0. The molecule has 0 radical (unpaired) electrons. The maximum absolute atomic E-state index is 13.4. The summed E-state index contributed by atoms with van der Waals surface area (Å²) in [6, 6.07) is 14.3. The molecule has 13 nitrogen and oxygen atoms in total. The van der Waals surface area contributed by atoms with E-state index in [1.54, 1.807) is 51.1 Å². The summed E-state index contributed by atoms with van der Waals surface area (Å²) in [5.41, 5.74) is 2.20. The summed E-state index contributed by atoms with van der Waals surface area (Å²) in [5, 5.41) is 8.88. The first-order valence-electron chi connectivity index (χ1n) is 18.8. The summed E-state index contributed by atoms with van der Waals surface area (Å²) in [4.78, 5) is 53.6. The number of amides is 3. The van der Waals surface area contributed by atoms with Crippen molar-refractivity contribution in [3.63, 3.8) is 0 Å². The first kappa shape index (κ1) is 45.7. The third-order valence-electron chi connectivity index (χ3n) is 8.43. The fourth-order valence-electron chi connectivity index (χ4n) is 5.67. The van der Waals surface area contributed by atoms with Gasteiger partial charge in [0.15, 0.2) is 0 Å². The predicted molar refractivity (Wildman–Crippen MR) is 214 cm³/mol. The Balaban J connectivity index is 1.27. The average Bonchev–Trinajstić information content (AvgIpc) is 3.18. The van der Waals surface area contributed by atoms with Crippen molar-refractivity contribution in [2.45, 2.75) is 58.2 Å². The van der Waals surface area contributed by atoms with Gasteiger partial charge >= 0.3 is 12.1 Å². The van der Waals surface area contributed by atoms with E-state index in [1.807, 2.05) is 0 Å². The SMILES string of the molecule is CC(C)(C)OC(=O)CCOCCOCCOCCNC(=O)c1cccc(C(=O)Nc2ccc(N3CCCCC3)cc2C(=O)N/N=C/c2ccc(Cl)c(C(F)(F)F)c2)c1. The number of rotatable bonds is 19. The van der Waals surface area contributed by atoms with Gasteiger partial charge in [-0.3, -0.25) is 19.2 Å². The van der Waals surface area contributed by atoms with Crippen LogP contribution < -0.4 is 21.0 Å². The molecule has 0 bridgehead atoms. The highest BCUT2D eigenvalue weighted by molar-refractivity contribution is 6.31. The maximum atomic E-state index is 13.4. The van der Waals surface area contributed by atoms with Crippen LogP contribution in [0.25, 0.3) is 0 Å². The van der Waals surface area contributed by atoms with Crippen LogP contribution in [-0.4, -0.2) is 94.8 Å². The molecule has 1 heterocycles. The molecular weight excluding hydrogens is 783 g/mol. The van der Waals surface area contributed by atoms with Crippen molar-refractivity contribution in [3.05, 3.63) is 93.5 Å². The lowest BCUT2D eigenvalue weighted by Gasteiger charge is -2.29. The zero-order valence-electron chi connectivity index (χ0n) is 32.7. The number of esters is 1. The van der Waals surface area contributed by atoms with Gasteiger partial charge in [-0.25, -0.2) is 5.43 Å². The standard InChI is InChI=1S/C41H49ClF3N5O8/c1-40(2,3)58-36(51)14-18-55-20-22-57-23-21-56-19-15-46-37(52)29-8-7-9-30(25-29)38(53)48-35-13-11-31(50-16-5-4-6-17-50)26-32(35)39(54)49-47-27-28-10-12-34(42)33(24-28)41(43,44)45/h7-13,24-27H,4-6,14-23H2,1-3H3,(H,46,52)(H,48,53)(H,49,54)/b47-27+. The first-order chi connectivity index (χ1) is 27.6. The minimum Gasteiger partial charge on any atom is -0.460 e. The molecule has 0 aliphatic carbocycles.